The number of carbonyl (C=O) groups excluding carboxylic acids is 2. The molecule has 0 bridgehead atoms. The second-order valence-electron chi connectivity index (χ2n) is 12.1. The number of nitrogens with zero attached hydrogens (tertiary/aromatic N) is 5. The molecule has 2 aromatic rings. The lowest BCUT2D eigenvalue weighted by Gasteiger charge is -2.40. The number of likely N-dealkylation sites (tertiary alicyclic amines) is 1. The van der Waals surface area contributed by atoms with Gasteiger partial charge in [-0.1, -0.05) is 24.2 Å². The Kier molecular flexibility index (Phi) is 7.31. The van der Waals surface area contributed by atoms with E-state index >= 15 is 4.39 Å². The van der Waals surface area contributed by atoms with Gasteiger partial charge < -0.3 is 34.2 Å². The maximum Gasteiger partial charge on any atom is 0.261 e. The third kappa shape index (κ3) is 4.87. The van der Waals surface area contributed by atoms with Gasteiger partial charge in [0.25, 0.3) is 5.91 Å². The Hall–Kier alpha value is -3.41. The normalized spacial score (nSPS) is 24.0. The Morgan fingerprint density at radius 1 is 1.21 bits per heavy atom. The Balaban J connectivity index is 1.46. The third-order valence-corrected chi connectivity index (χ3v) is 9.03. The van der Waals surface area contributed by atoms with E-state index in [4.69, 9.17) is 26.1 Å². The van der Waals surface area contributed by atoms with Crippen LogP contribution in [0.2, 0.25) is 5.02 Å². The Labute approximate surface area is 249 Å². The van der Waals surface area contributed by atoms with Crippen molar-refractivity contribution < 1.29 is 28.6 Å². The van der Waals surface area contributed by atoms with Crippen LogP contribution in [-0.4, -0.2) is 113 Å². The van der Waals surface area contributed by atoms with Crippen LogP contribution in [0.4, 0.5) is 10.2 Å². The maximum atomic E-state index is 15.2. The van der Waals surface area contributed by atoms with Crippen molar-refractivity contribution in [3.8, 4) is 22.8 Å². The molecule has 3 saturated heterocycles. The topological polar surface area (TPSA) is 98.7 Å². The minimum atomic E-state index is -0.706. The molecule has 1 aromatic carbocycles. The van der Waals surface area contributed by atoms with Crippen molar-refractivity contribution in [2.24, 2.45) is 0 Å². The fraction of sp³-hybridized carbons (Fsp3) is 0.500. The predicted molar refractivity (Wildman–Crippen MR) is 156 cm³/mol. The summed E-state index contributed by atoms with van der Waals surface area (Å²) in [4.78, 5) is 39.0. The molecule has 0 saturated carbocycles. The zero-order valence-electron chi connectivity index (χ0n) is 24.0. The summed E-state index contributed by atoms with van der Waals surface area (Å²) in [6.45, 7) is 10.8. The van der Waals surface area contributed by atoms with Gasteiger partial charge in [0.2, 0.25) is 5.91 Å². The van der Waals surface area contributed by atoms with E-state index < -0.39 is 17.4 Å². The van der Waals surface area contributed by atoms with Crippen LogP contribution in [0.15, 0.2) is 30.9 Å². The summed E-state index contributed by atoms with van der Waals surface area (Å²) in [5.74, 6) is -1.20. The number of ether oxygens (including phenoxy) is 2. The number of hydrogen-bond acceptors (Lipinski definition) is 8. The first kappa shape index (κ1) is 28.7. The fourth-order valence-corrected chi connectivity index (χ4v) is 6.82. The van der Waals surface area contributed by atoms with Crippen LogP contribution in [0.1, 0.15) is 30.6 Å². The van der Waals surface area contributed by atoms with E-state index in [1.807, 2.05) is 11.9 Å². The number of rotatable bonds is 5. The van der Waals surface area contributed by atoms with Gasteiger partial charge in [0.15, 0.2) is 5.75 Å². The average Bonchev–Trinajstić information content (AvgIpc) is 3.15. The van der Waals surface area contributed by atoms with Gasteiger partial charge in [0.05, 0.1) is 23.8 Å². The molecule has 10 nitrogen and oxygen atoms in total. The molecule has 1 aromatic heterocycles. The highest BCUT2D eigenvalue weighted by molar-refractivity contribution is 6.35. The number of amides is 2. The molecule has 1 N–H and O–H groups in total. The quantitative estimate of drug-likeness (QED) is 0.524. The Morgan fingerprint density at radius 2 is 1.98 bits per heavy atom. The van der Waals surface area contributed by atoms with Crippen molar-refractivity contribution >= 4 is 29.2 Å². The molecule has 224 valence electrons. The first-order valence-corrected chi connectivity index (χ1v) is 14.5. The van der Waals surface area contributed by atoms with Crippen molar-refractivity contribution in [3.05, 3.63) is 47.3 Å². The maximum absolute atomic E-state index is 15.2. The second-order valence-corrected chi connectivity index (χ2v) is 12.5. The van der Waals surface area contributed by atoms with Crippen molar-refractivity contribution in [1.82, 2.24) is 19.7 Å². The van der Waals surface area contributed by atoms with Crippen molar-refractivity contribution in [1.29, 1.82) is 0 Å². The number of anilines is 1. The van der Waals surface area contributed by atoms with Gasteiger partial charge in [-0.2, -0.15) is 0 Å². The van der Waals surface area contributed by atoms with E-state index in [2.05, 4.69) is 25.3 Å². The van der Waals surface area contributed by atoms with E-state index in [-0.39, 0.29) is 70.5 Å². The minimum absolute atomic E-state index is 0.0158. The van der Waals surface area contributed by atoms with Crippen LogP contribution in [0.3, 0.4) is 0 Å². The molecule has 0 radical (unpaired) electrons. The number of halogens is 2. The van der Waals surface area contributed by atoms with E-state index in [0.29, 0.717) is 31.9 Å². The molecule has 5 heterocycles. The molecule has 42 heavy (non-hydrogen) atoms. The van der Waals surface area contributed by atoms with Crippen molar-refractivity contribution in [2.75, 3.05) is 57.8 Å². The molecular formula is C30H35ClFN5O5. The first-order chi connectivity index (χ1) is 20.0. The molecule has 12 heteroatoms. The van der Waals surface area contributed by atoms with E-state index in [1.54, 1.807) is 9.80 Å². The highest BCUT2D eigenvalue weighted by atomic mass is 35.5. The number of phenolic OH excluding ortho intramolecular Hbond substituents is 1. The molecule has 0 spiro atoms. The van der Waals surface area contributed by atoms with Crippen molar-refractivity contribution in [3.63, 3.8) is 0 Å². The summed E-state index contributed by atoms with van der Waals surface area (Å²) in [5.41, 5.74) is -0.486. The summed E-state index contributed by atoms with van der Waals surface area (Å²) < 4.78 is 27.8. The van der Waals surface area contributed by atoms with Crippen LogP contribution in [0.5, 0.6) is 11.5 Å². The lowest BCUT2D eigenvalue weighted by atomic mass is 9.99. The number of fused-ring (bicyclic) bond motifs is 2. The molecule has 2 amide bonds. The second kappa shape index (κ2) is 10.7. The number of carbonyl (C=O) groups is 2. The summed E-state index contributed by atoms with van der Waals surface area (Å²) >= 11 is 6.87. The SMILES string of the molecule is C=CC(=O)N1CCN2C(=O)c3c(N4CC(OC5CN(C)C5)CC4(C)C)nc(-c4c(O)cccc4F)c(Cl)c3OCC2C1. The summed E-state index contributed by atoms with van der Waals surface area (Å²) in [7, 11) is 2.04. The highest BCUT2D eigenvalue weighted by Gasteiger charge is 2.46. The molecular weight excluding hydrogens is 565 g/mol. The zero-order chi connectivity index (χ0) is 29.9. The first-order valence-electron chi connectivity index (χ1n) is 14.2. The number of likely N-dealkylation sites (N-methyl/N-ethyl adjacent to an activating group) is 1. The predicted octanol–water partition coefficient (Wildman–Crippen LogP) is 3.17. The summed E-state index contributed by atoms with van der Waals surface area (Å²) in [6.07, 6.45) is 1.97. The standard InChI is InChI=1S/C30H35ClFN5O5/c1-5-22(39)35-9-10-36-17(12-35)16-41-27-24(29(36)40)28(33-26(25(27)31)23-20(32)7-6-8-21(23)38)37-15-18(11-30(37,2)3)42-19-13-34(4)14-19/h5-8,17-19,38H,1,9-16H2,2-4H3. The van der Waals surface area contributed by atoms with Crippen LogP contribution < -0.4 is 9.64 Å². The lowest BCUT2D eigenvalue weighted by molar-refractivity contribution is -0.128. The van der Waals surface area contributed by atoms with Crippen LogP contribution in [0.25, 0.3) is 11.3 Å². The van der Waals surface area contributed by atoms with Gasteiger partial charge in [0, 0.05) is 44.8 Å². The van der Waals surface area contributed by atoms with Gasteiger partial charge in [-0.25, -0.2) is 9.37 Å². The fourth-order valence-electron chi connectivity index (χ4n) is 6.53. The molecule has 4 aliphatic heterocycles. The summed E-state index contributed by atoms with van der Waals surface area (Å²) in [5, 5.41) is 10.6. The smallest absolute Gasteiger partial charge is 0.261 e. The van der Waals surface area contributed by atoms with Gasteiger partial charge in [0.1, 0.15) is 40.3 Å². The minimum Gasteiger partial charge on any atom is -0.507 e. The largest absolute Gasteiger partial charge is 0.507 e. The van der Waals surface area contributed by atoms with Gasteiger partial charge in [-0.3, -0.25) is 9.59 Å². The molecule has 3 fully saturated rings. The number of benzene rings is 1. The van der Waals surface area contributed by atoms with Gasteiger partial charge >= 0.3 is 0 Å². The molecule has 4 aliphatic rings. The van der Waals surface area contributed by atoms with Crippen LogP contribution in [-0.2, 0) is 9.53 Å². The average molecular weight is 600 g/mol. The zero-order valence-corrected chi connectivity index (χ0v) is 24.7. The van der Waals surface area contributed by atoms with Crippen LogP contribution in [0, 0.1) is 5.82 Å². The van der Waals surface area contributed by atoms with Gasteiger partial charge in [-0.15, -0.1) is 0 Å². The van der Waals surface area contributed by atoms with Crippen molar-refractivity contribution in [2.45, 2.75) is 44.1 Å². The highest BCUT2D eigenvalue weighted by Crippen LogP contribution is 2.48. The Bertz CT molecular complexity index is 1430. The number of pyridine rings is 1. The van der Waals surface area contributed by atoms with E-state index in [0.717, 1.165) is 13.1 Å². The number of piperazine rings is 1. The molecule has 2 unspecified atom stereocenters. The molecule has 2 atom stereocenters. The number of hydrogen-bond donors (Lipinski definition) is 1. The monoisotopic (exact) mass is 599 g/mol. The number of aromatic hydroxyl groups is 1. The third-order valence-electron chi connectivity index (χ3n) is 8.68. The van der Waals surface area contributed by atoms with E-state index in [1.165, 1.54) is 24.3 Å². The number of phenols is 1. The summed E-state index contributed by atoms with van der Waals surface area (Å²) in [6, 6.07) is 3.53. The van der Waals surface area contributed by atoms with Gasteiger partial charge in [-0.05, 0) is 45.5 Å². The lowest BCUT2D eigenvalue weighted by Crippen LogP contribution is -2.57. The molecule has 0 aliphatic carbocycles. The number of aromatic nitrogens is 1. The Morgan fingerprint density at radius 3 is 2.67 bits per heavy atom. The molecule has 6 rings (SSSR count). The van der Waals surface area contributed by atoms with E-state index in [9.17, 15) is 14.7 Å². The van der Waals surface area contributed by atoms with Crippen LogP contribution >= 0.6 is 11.6 Å².